The number of nitrogens with two attached hydrogens (primary N) is 1. The van der Waals surface area contributed by atoms with Crippen molar-refractivity contribution in [2.24, 2.45) is 5.73 Å². The van der Waals surface area contributed by atoms with E-state index in [-0.39, 0.29) is 18.7 Å². The Hall–Kier alpha value is -0.160. The van der Waals surface area contributed by atoms with Crippen molar-refractivity contribution in [1.82, 2.24) is 4.90 Å². The summed E-state index contributed by atoms with van der Waals surface area (Å²) >= 11 is 0. The molecular formula is C11H26N2O2. The number of hydrogen-bond donors (Lipinski definition) is 2. The fourth-order valence-electron chi connectivity index (χ4n) is 1.84. The Balaban J connectivity index is 4.28. The molecule has 0 rings (SSSR count). The first-order chi connectivity index (χ1) is 7.21. The number of aliphatic hydroxyl groups excluding tert-OH is 1. The number of hydrogen-bond acceptors (Lipinski definition) is 4. The predicted octanol–water partition coefficient (Wildman–Crippen LogP) is 0.443. The van der Waals surface area contributed by atoms with Crippen molar-refractivity contribution in [3.05, 3.63) is 0 Å². The van der Waals surface area contributed by atoms with Crippen molar-refractivity contribution in [3.8, 4) is 0 Å². The van der Waals surface area contributed by atoms with Crippen LogP contribution in [-0.4, -0.2) is 55.5 Å². The van der Waals surface area contributed by atoms with Crippen LogP contribution in [0.5, 0.6) is 0 Å². The number of ether oxygens (including phenoxy) is 1. The zero-order valence-electron chi connectivity index (χ0n) is 10.3. The molecule has 0 heterocycles. The van der Waals surface area contributed by atoms with Crippen molar-refractivity contribution in [2.45, 2.75) is 38.8 Å². The molecular weight excluding hydrogens is 192 g/mol. The summed E-state index contributed by atoms with van der Waals surface area (Å²) in [6, 6.07) is -0.0945. The fraction of sp³-hybridized carbons (Fsp3) is 1.00. The molecule has 92 valence electrons. The van der Waals surface area contributed by atoms with Crippen molar-refractivity contribution >= 4 is 0 Å². The van der Waals surface area contributed by atoms with Crippen molar-refractivity contribution in [1.29, 1.82) is 0 Å². The highest BCUT2D eigenvalue weighted by molar-refractivity contribution is 4.81. The normalized spacial score (nSPS) is 15.6. The van der Waals surface area contributed by atoms with Gasteiger partial charge in [-0.3, -0.25) is 4.90 Å². The Morgan fingerprint density at radius 2 is 1.80 bits per heavy atom. The van der Waals surface area contributed by atoms with Crippen molar-refractivity contribution in [3.63, 3.8) is 0 Å². The van der Waals surface area contributed by atoms with Gasteiger partial charge in [-0.2, -0.15) is 0 Å². The molecule has 0 saturated heterocycles. The van der Waals surface area contributed by atoms with E-state index in [1.165, 1.54) is 0 Å². The summed E-state index contributed by atoms with van der Waals surface area (Å²) in [7, 11) is 1.64. The Bertz CT molecular complexity index is 139. The summed E-state index contributed by atoms with van der Waals surface area (Å²) in [5, 5.41) is 9.37. The maximum Gasteiger partial charge on any atom is 0.0629 e. The van der Waals surface area contributed by atoms with Crippen LogP contribution in [0.2, 0.25) is 0 Å². The Morgan fingerprint density at radius 3 is 2.13 bits per heavy atom. The Labute approximate surface area is 93.4 Å². The molecule has 0 spiro atoms. The first-order valence-corrected chi connectivity index (χ1v) is 5.80. The Kier molecular flexibility index (Phi) is 9.00. The zero-order valence-corrected chi connectivity index (χ0v) is 10.3. The largest absolute Gasteiger partial charge is 0.395 e. The van der Waals surface area contributed by atoms with Gasteiger partial charge in [0.15, 0.2) is 0 Å². The molecule has 15 heavy (non-hydrogen) atoms. The fourth-order valence-corrected chi connectivity index (χ4v) is 1.84. The molecule has 0 fully saturated rings. The van der Waals surface area contributed by atoms with Gasteiger partial charge in [0.05, 0.1) is 19.3 Å². The van der Waals surface area contributed by atoms with E-state index in [0.29, 0.717) is 6.61 Å². The van der Waals surface area contributed by atoms with Crippen molar-refractivity contribution in [2.75, 3.05) is 33.4 Å². The molecule has 0 amide bonds. The molecule has 0 aromatic carbocycles. The third kappa shape index (κ3) is 5.47. The van der Waals surface area contributed by atoms with Gasteiger partial charge in [0.25, 0.3) is 0 Å². The quantitative estimate of drug-likeness (QED) is 0.590. The lowest BCUT2D eigenvalue weighted by Gasteiger charge is -2.33. The topological polar surface area (TPSA) is 58.7 Å². The van der Waals surface area contributed by atoms with E-state index in [2.05, 4.69) is 18.7 Å². The summed E-state index contributed by atoms with van der Waals surface area (Å²) in [5.41, 5.74) is 5.97. The molecule has 0 bridgehead atoms. The predicted molar refractivity (Wildman–Crippen MR) is 62.9 cm³/mol. The summed E-state index contributed by atoms with van der Waals surface area (Å²) < 4.78 is 5.03. The molecule has 0 saturated carbocycles. The number of rotatable bonds is 9. The second kappa shape index (κ2) is 9.09. The van der Waals surface area contributed by atoms with Gasteiger partial charge in [0, 0.05) is 13.2 Å². The third-order valence-corrected chi connectivity index (χ3v) is 2.53. The average Bonchev–Trinajstić information content (AvgIpc) is 2.20. The first kappa shape index (κ1) is 14.8. The highest BCUT2D eigenvalue weighted by Gasteiger charge is 2.22. The molecule has 0 aromatic rings. The van der Waals surface area contributed by atoms with Crippen LogP contribution in [0.4, 0.5) is 0 Å². The number of nitrogens with zero attached hydrogens (tertiary/aromatic N) is 1. The van der Waals surface area contributed by atoms with E-state index in [9.17, 15) is 5.11 Å². The SMILES string of the molecule is CCCN(CCC)C(CO)C(N)COC. The van der Waals surface area contributed by atoms with Crippen LogP contribution < -0.4 is 5.73 Å². The van der Waals surface area contributed by atoms with Crippen LogP contribution in [-0.2, 0) is 4.74 Å². The second-order valence-corrected chi connectivity index (χ2v) is 3.91. The van der Waals surface area contributed by atoms with E-state index >= 15 is 0 Å². The van der Waals surface area contributed by atoms with Crippen LogP contribution in [0.25, 0.3) is 0 Å². The lowest BCUT2D eigenvalue weighted by atomic mass is 10.1. The van der Waals surface area contributed by atoms with Gasteiger partial charge in [-0.15, -0.1) is 0 Å². The summed E-state index contributed by atoms with van der Waals surface area (Å²) in [4.78, 5) is 2.25. The van der Waals surface area contributed by atoms with Crippen molar-refractivity contribution < 1.29 is 9.84 Å². The van der Waals surface area contributed by atoms with E-state index in [1.807, 2.05) is 0 Å². The van der Waals surface area contributed by atoms with Crippen LogP contribution in [0.15, 0.2) is 0 Å². The molecule has 4 nitrogen and oxygen atoms in total. The number of aliphatic hydroxyl groups is 1. The highest BCUT2D eigenvalue weighted by atomic mass is 16.5. The Morgan fingerprint density at radius 1 is 1.27 bits per heavy atom. The van der Waals surface area contributed by atoms with Crippen LogP contribution >= 0.6 is 0 Å². The van der Waals surface area contributed by atoms with E-state index in [4.69, 9.17) is 10.5 Å². The highest BCUT2D eigenvalue weighted by Crippen LogP contribution is 2.06. The van der Waals surface area contributed by atoms with Gasteiger partial charge in [0.1, 0.15) is 0 Å². The summed E-state index contributed by atoms with van der Waals surface area (Å²) in [6.07, 6.45) is 2.16. The zero-order chi connectivity index (χ0) is 11.7. The minimum absolute atomic E-state index is 0.0184. The van der Waals surface area contributed by atoms with E-state index < -0.39 is 0 Å². The van der Waals surface area contributed by atoms with E-state index in [0.717, 1.165) is 25.9 Å². The smallest absolute Gasteiger partial charge is 0.0629 e. The van der Waals surface area contributed by atoms with Gasteiger partial charge >= 0.3 is 0 Å². The molecule has 0 radical (unpaired) electrons. The summed E-state index contributed by atoms with van der Waals surface area (Å²) in [6.45, 7) is 6.84. The van der Waals surface area contributed by atoms with Gasteiger partial charge < -0.3 is 15.6 Å². The van der Waals surface area contributed by atoms with Gasteiger partial charge in [0.2, 0.25) is 0 Å². The maximum atomic E-state index is 9.37. The maximum absolute atomic E-state index is 9.37. The molecule has 3 N–H and O–H groups in total. The average molecular weight is 218 g/mol. The van der Waals surface area contributed by atoms with Crippen LogP contribution in [0.1, 0.15) is 26.7 Å². The van der Waals surface area contributed by atoms with Gasteiger partial charge in [-0.05, 0) is 25.9 Å². The second-order valence-electron chi connectivity index (χ2n) is 3.91. The molecule has 4 heteroatoms. The van der Waals surface area contributed by atoms with Gasteiger partial charge in [-0.1, -0.05) is 13.8 Å². The number of methoxy groups -OCH3 is 1. The summed E-state index contributed by atoms with van der Waals surface area (Å²) in [5.74, 6) is 0. The monoisotopic (exact) mass is 218 g/mol. The molecule has 0 aromatic heterocycles. The van der Waals surface area contributed by atoms with Gasteiger partial charge in [-0.25, -0.2) is 0 Å². The lowest BCUT2D eigenvalue weighted by Crippen LogP contribution is -2.52. The molecule has 2 atom stereocenters. The standard InChI is InChI=1S/C11H26N2O2/c1-4-6-13(7-5-2)11(8-14)10(12)9-15-3/h10-11,14H,4-9,12H2,1-3H3. The van der Waals surface area contributed by atoms with Crippen LogP contribution in [0.3, 0.4) is 0 Å². The van der Waals surface area contributed by atoms with Crippen LogP contribution in [0, 0.1) is 0 Å². The first-order valence-electron chi connectivity index (χ1n) is 5.80. The minimum atomic E-state index is -0.113. The lowest BCUT2D eigenvalue weighted by molar-refractivity contribution is 0.0703. The third-order valence-electron chi connectivity index (χ3n) is 2.53. The molecule has 0 aliphatic heterocycles. The molecule has 2 unspecified atom stereocenters. The molecule has 0 aliphatic carbocycles. The molecule has 0 aliphatic rings. The minimum Gasteiger partial charge on any atom is -0.395 e. The van der Waals surface area contributed by atoms with E-state index in [1.54, 1.807) is 7.11 Å².